The summed E-state index contributed by atoms with van der Waals surface area (Å²) in [5.41, 5.74) is 2.18. The van der Waals surface area contributed by atoms with Gasteiger partial charge in [0.05, 0.1) is 0 Å². The van der Waals surface area contributed by atoms with E-state index in [4.69, 9.17) is 23.8 Å². The lowest BCUT2D eigenvalue weighted by molar-refractivity contribution is -0.111. The van der Waals surface area contributed by atoms with Gasteiger partial charge in [0, 0.05) is 16.2 Å². The maximum Gasteiger partial charge on any atom is 0.171 e. The number of benzene rings is 1. The highest BCUT2D eigenvalue weighted by molar-refractivity contribution is 7.80. The molecule has 0 heterocycles. The molecule has 4 aliphatic carbocycles. The van der Waals surface area contributed by atoms with Crippen LogP contribution in [0.15, 0.2) is 24.3 Å². The van der Waals surface area contributed by atoms with Gasteiger partial charge in [-0.25, -0.2) is 0 Å². The number of nitrogens with one attached hydrogen (secondary N) is 2. The van der Waals surface area contributed by atoms with Crippen molar-refractivity contribution in [3.05, 3.63) is 29.3 Å². The first kappa shape index (κ1) is 15.7. The first-order chi connectivity index (χ1) is 10.8. The highest BCUT2D eigenvalue weighted by Gasteiger charge is 2.60. The minimum absolute atomic E-state index is 0.194. The lowest BCUT2D eigenvalue weighted by Crippen LogP contribution is -2.65. The molecule has 23 heavy (non-hydrogen) atoms. The lowest BCUT2D eigenvalue weighted by Gasteiger charge is -2.65. The Morgan fingerprint density at radius 3 is 2.22 bits per heavy atom. The quantitative estimate of drug-likeness (QED) is 0.702. The molecule has 1 aromatic rings. The topological polar surface area (TPSA) is 24.1 Å². The summed E-state index contributed by atoms with van der Waals surface area (Å²) in [5, 5.41) is 8.55. The second kappa shape index (κ2) is 5.10. The molecule has 4 saturated carbocycles. The van der Waals surface area contributed by atoms with Crippen molar-refractivity contribution in [2.45, 2.75) is 57.9 Å². The van der Waals surface area contributed by atoms with Gasteiger partial charge in [-0.15, -0.1) is 0 Å². The maximum atomic E-state index is 5.95. The normalized spacial score (nSPS) is 40.9. The van der Waals surface area contributed by atoms with Gasteiger partial charge in [0.25, 0.3) is 0 Å². The van der Waals surface area contributed by atoms with Gasteiger partial charge < -0.3 is 10.6 Å². The Bertz CT molecular complexity index is 623. The Kier molecular flexibility index (Phi) is 3.48. The Morgan fingerprint density at radius 2 is 1.65 bits per heavy atom. The van der Waals surface area contributed by atoms with Crippen LogP contribution in [0.1, 0.15) is 52.4 Å². The molecule has 0 aliphatic heterocycles. The number of thiocarbonyl (C=S) groups is 1. The third-order valence-corrected chi connectivity index (χ3v) is 6.56. The number of hydrogen-bond acceptors (Lipinski definition) is 1. The molecule has 0 saturated heterocycles. The fraction of sp³-hybridized carbons (Fsp3) is 0.632. The maximum absolute atomic E-state index is 5.95. The fourth-order valence-corrected chi connectivity index (χ4v) is 6.98. The highest BCUT2D eigenvalue weighted by atomic mass is 35.5. The SMILES string of the molecule is C[C@]12CC3CC(NC(=S)Nc4ccc(Cl)cc4)(C1)C[C@@](C)(C3)C2. The summed E-state index contributed by atoms with van der Waals surface area (Å²) in [5.74, 6) is 0.868. The number of rotatable bonds is 2. The van der Waals surface area contributed by atoms with Gasteiger partial charge in [0.2, 0.25) is 0 Å². The number of halogens is 1. The minimum atomic E-state index is 0.194. The van der Waals surface area contributed by atoms with Crippen LogP contribution in [0.25, 0.3) is 0 Å². The zero-order valence-electron chi connectivity index (χ0n) is 13.9. The van der Waals surface area contributed by atoms with Crippen LogP contribution < -0.4 is 10.6 Å². The molecule has 4 aliphatic rings. The van der Waals surface area contributed by atoms with E-state index in [-0.39, 0.29) is 5.54 Å². The van der Waals surface area contributed by atoms with Gasteiger partial charge in [-0.2, -0.15) is 0 Å². The largest absolute Gasteiger partial charge is 0.357 e. The minimum Gasteiger partial charge on any atom is -0.357 e. The van der Waals surface area contributed by atoms with Crippen molar-refractivity contribution in [1.29, 1.82) is 0 Å². The second-order valence-corrected chi connectivity index (χ2v) is 9.84. The summed E-state index contributed by atoms with van der Waals surface area (Å²) in [6.07, 6.45) is 7.99. The standard InChI is InChI=1S/C19H25ClN2S/c1-17-7-13-8-18(2,10-17)12-19(9-13,11-17)22-16(23)21-15-5-3-14(20)4-6-15/h3-6,13H,7-12H2,1-2H3,(H2,21,22,23)/t13?,17-,18+,19?. The molecule has 1 aromatic carbocycles. The first-order valence-electron chi connectivity index (χ1n) is 8.62. The van der Waals surface area contributed by atoms with E-state index in [9.17, 15) is 0 Å². The van der Waals surface area contributed by atoms with Crippen LogP contribution >= 0.6 is 23.8 Å². The molecule has 0 radical (unpaired) electrons. The highest BCUT2D eigenvalue weighted by Crippen LogP contribution is 2.66. The molecule has 0 spiro atoms. The van der Waals surface area contributed by atoms with E-state index in [0.29, 0.717) is 10.8 Å². The lowest BCUT2D eigenvalue weighted by atomic mass is 9.43. The summed E-state index contributed by atoms with van der Waals surface area (Å²) in [7, 11) is 0. The smallest absolute Gasteiger partial charge is 0.171 e. The van der Waals surface area contributed by atoms with Crippen LogP contribution in [0.5, 0.6) is 0 Å². The average molecular weight is 349 g/mol. The van der Waals surface area contributed by atoms with Crippen LogP contribution in [0.3, 0.4) is 0 Å². The predicted octanol–water partition coefficient (Wildman–Crippen LogP) is 5.38. The average Bonchev–Trinajstić information content (AvgIpc) is 2.36. The van der Waals surface area contributed by atoms with Crippen LogP contribution in [0.2, 0.25) is 5.02 Å². The zero-order valence-corrected chi connectivity index (χ0v) is 15.5. The molecular formula is C19H25ClN2S. The van der Waals surface area contributed by atoms with Gasteiger partial charge >= 0.3 is 0 Å². The summed E-state index contributed by atoms with van der Waals surface area (Å²) in [6, 6.07) is 7.72. The molecule has 0 amide bonds. The van der Waals surface area contributed by atoms with E-state index in [1.54, 1.807) is 0 Å². The van der Waals surface area contributed by atoms with Gasteiger partial charge in [0.1, 0.15) is 0 Å². The van der Waals surface area contributed by atoms with E-state index in [1.807, 2.05) is 24.3 Å². The van der Waals surface area contributed by atoms with E-state index >= 15 is 0 Å². The van der Waals surface area contributed by atoms with Gasteiger partial charge in [-0.1, -0.05) is 25.4 Å². The van der Waals surface area contributed by atoms with E-state index in [1.165, 1.54) is 38.5 Å². The summed E-state index contributed by atoms with van der Waals surface area (Å²) in [4.78, 5) is 0. The van der Waals surface area contributed by atoms with Gasteiger partial charge in [0.15, 0.2) is 5.11 Å². The predicted molar refractivity (Wildman–Crippen MR) is 101 cm³/mol. The third-order valence-electron chi connectivity index (χ3n) is 6.11. The summed E-state index contributed by atoms with van der Waals surface area (Å²) < 4.78 is 0. The Hall–Kier alpha value is -0.800. The molecule has 2 unspecified atom stereocenters. The van der Waals surface area contributed by atoms with Gasteiger partial charge in [-0.05, 0) is 91.8 Å². The van der Waals surface area contributed by atoms with Crippen molar-refractivity contribution >= 4 is 34.6 Å². The summed E-state index contributed by atoms with van der Waals surface area (Å²) in [6.45, 7) is 4.98. The molecule has 5 rings (SSSR count). The molecule has 124 valence electrons. The van der Waals surface area contributed by atoms with Crippen LogP contribution in [0.4, 0.5) is 5.69 Å². The van der Waals surface area contributed by atoms with Crippen molar-refractivity contribution in [3.63, 3.8) is 0 Å². The van der Waals surface area contributed by atoms with Crippen molar-refractivity contribution < 1.29 is 0 Å². The molecule has 4 fully saturated rings. The molecule has 2 N–H and O–H groups in total. The van der Waals surface area contributed by atoms with Crippen LogP contribution in [0, 0.1) is 16.7 Å². The second-order valence-electron chi connectivity index (χ2n) is 9.00. The third kappa shape index (κ3) is 2.98. The molecule has 4 bridgehead atoms. The molecule has 4 atom stereocenters. The van der Waals surface area contributed by atoms with Crippen LogP contribution in [-0.2, 0) is 0 Å². The fourth-order valence-electron chi connectivity index (χ4n) is 6.52. The van der Waals surface area contributed by atoms with Crippen molar-refractivity contribution in [3.8, 4) is 0 Å². The monoisotopic (exact) mass is 348 g/mol. The Morgan fingerprint density at radius 1 is 1.04 bits per heavy atom. The molecular weight excluding hydrogens is 324 g/mol. The van der Waals surface area contributed by atoms with Crippen molar-refractivity contribution in [2.75, 3.05) is 5.32 Å². The number of hydrogen-bond donors (Lipinski definition) is 2. The van der Waals surface area contributed by atoms with Crippen LogP contribution in [-0.4, -0.2) is 10.7 Å². The number of anilines is 1. The summed E-state index contributed by atoms with van der Waals surface area (Å²) >= 11 is 11.6. The van der Waals surface area contributed by atoms with Gasteiger partial charge in [-0.3, -0.25) is 0 Å². The molecule has 0 aromatic heterocycles. The molecule has 4 heteroatoms. The van der Waals surface area contributed by atoms with E-state index in [0.717, 1.165) is 21.7 Å². The Labute approximate surface area is 149 Å². The van der Waals surface area contributed by atoms with E-state index < -0.39 is 0 Å². The van der Waals surface area contributed by atoms with E-state index in [2.05, 4.69) is 24.5 Å². The first-order valence-corrected chi connectivity index (χ1v) is 9.41. The zero-order chi connectivity index (χ0) is 16.3. The van der Waals surface area contributed by atoms with Crippen molar-refractivity contribution in [2.24, 2.45) is 16.7 Å². The van der Waals surface area contributed by atoms with Crippen molar-refractivity contribution in [1.82, 2.24) is 5.32 Å². The molecule has 2 nitrogen and oxygen atoms in total. The Balaban J connectivity index is 1.49.